The van der Waals surface area contributed by atoms with Crippen molar-refractivity contribution in [2.24, 2.45) is 11.7 Å². The van der Waals surface area contributed by atoms with Crippen LogP contribution in [-0.4, -0.2) is 53.3 Å². The maximum atomic E-state index is 11.9. The molecule has 1 saturated heterocycles. The molecule has 1 fully saturated rings. The fourth-order valence-electron chi connectivity index (χ4n) is 1.47. The van der Waals surface area contributed by atoms with Gasteiger partial charge in [0.05, 0.1) is 36.8 Å². The molecule has 0 aromatic carbocycles. The number of carbonyl (C=O) groups excluding carboxylic acids is 1. The highest BCUT2D eigenvalue weighted by Crippen LogP contribution is 2.11. The van der Waals surface area contributed by atoms with Crippen LogP contribution in [0.3, 0.4) is 0 Å². The number of aliphatic hydroxyl groups is 1. The van der Waals surface area contributed by atoms with Crippen LogP contribution in [0.5, 0.6) is 0 Å². The van der Waals surface area contributed by atoms with Crippen LogP contribution < -0.4 is 5.73 Å². The number of ether oxygens (including phenoxy) is 1. The summed E-state index contributed by atoms with van der Waals surface area (Å²) in [6.07, 6.45) is 0. The number of thiocarbonyl (C=S) groups is 1. The Bertz CT molecular complexity index is 260. The molecule has 0 radical (unpaired) electrons. The van der Waals surface area contributed by atoms with E-state index >= 15 is 0 Å². The second kappa shape index (κ2) is 5.39. The maximum Gasteiger partial charge on any atom is 0.232 e. The van der Waals surface area contributed by atoms with Gasteiger partial charge in [0.15, 0.2) is 0 Å². The lowest BCUT2D eigenvalue weighted by Crippen LogP contribution is -2.53. The molecule has 15 heavy (non-hydrogen) atoms. The minimum Gasteiger partial charge on any atom is -0.394 e. The van der Waals surface area contributed by atoms with Crippen LogP contribution in [0.15, 0.2) is 0 Å². The third-order valence-electron chi connectivity index (χ3n) is 2.52. The Morgan fingerprint density at radius 2 is 2.47 bits per heavy atom. The number of nitrogens with zero attached hydrogens (tertiary/aromatic N) is 1. The standard InChI is InChI=1S/C9H16N2O3S/c1-6(8(10)15)9(13)11-2-3-14-5-7(11)4-12/h6-7,12H,2-5H2,1H3,(H2,10,15). The van der Waals surface area contributed by atoms with Crippen LogP contribution in [0.4, 0.5) is 0 Å². The van der Waals surface area contributed by atoms with Crippen molar-refractivity contribution in [3.05, 3.63) is 0 Å². The lowest BCUT2D eigenvalue weighted by Gasteiger charge is -2.35. The summed E-state index contributed by atoms with van der Waals surface area (Å²) in [7, 11) is 0. The summed E-state index contributed by atoms with van der Waals surface area (Å²) in [5.74, 6) is -0.614. The average Bonchev–Trinajstić information content (AvgIpc) is 2.26. The number of morpholine rings is 1. The first kappa shape index (κ1) is 12.4. The van der Waals surface area contributed by atoms with Gasteiger partial charge in [0.2, 0.25) is 5.91 Å². The highest BCUT2D eigenvalue weighted by atomic mass is 32.1. The van der Waals surface area contributed by atoms with Crippen LogP contribution >= 0.6 is 12.2 Å². The van der Waals surface area contributed by atoms with E-state index in [0.717, 1.165) is 0 Å². The monoisotopic (exact) mass is 232 g/mol. The quantitative estimate of drug-likeness (QED) is 0.619. The molecule has 0 aromatic heterocycles. The molecule has 1 heterocycles. The van der Waals surface area contributed by atoms with Crippen LogP contribution in [0.1, 0.15) is 6.92 Å². The van der Waals surface area contributed by atoms with Crippen LogP contribution in [0, 0.1) is 5.92 Å². The number of amides is 1. The second-order valence-electron chi connectivity index (χ2n) is 3.57. The average molecular weight is 232 g/mol. The van der Waals surface area contributed by atoms with Crippen molar-refractivity contribution in [3.8, 4) is 0 Å². The van der Waals surface area contributed by atoms with E-state index in [4.69, 9.17) is 27.8 Å². The smallest absolute Gasteiger partial charge is 0.232 e. The summed E-state index contributed by atoms with van der Waals surface area (Å²) >= 11 is 4.78. The summed E-state index contributed by atoms with van der Waals surface area (Å²) in [4.78, 5) is 13.7. The minimum absolute atomic E-state index is 0.101. The highest BCUT2D eigenvalue weighted by molar-refractivity contribution is 7.80. The number of hydrogen-bond acceptors (Lipinski definition) is 4. The normalized spacial score (nSPS) is 23.6. The second-order valence-corrected chi connectivity index (χ2v) is 4.04. The fourth-order valence-corrected chi connectivity index (χ4v) is 1.57. The predicted octanol–water partition coefficient (Wildman–Crippen LogP) is -0.872. The lowest BCUT2D eigenvalue weighted by molar-refractivity contribution is -0.143. The number of carbonyl (C=O) groups is 1. The Labute approximate surface area is 94.2 Å². The molecular weight excluding hydrogens is 216 g/mol. The minimum atomic E-state index is -0.479. The van der Waals surface area contributed by atoms with Gasteiger partial charge < -0.3 is 20.5 Å². The van der Waals surface area contributed by atoms with E-state index in [1.54, 1.807) is 11.8 Å². The molecule has 0 aliphatic carbocycles. The van der Waals surface area contributed by atoms with E-state index in [0.29, 0.717) is 19.8 Å². The first-order valence-electron chi connectivity index (χ1n) is 4.86. The van der Waals surface area contributed by atoms with E-state index < -0.39 is 5.92 Å². The summed E-state index contributed by atoms with van der Waals surface area (Å²) in [5, 5.41) is 9.09. The molecule has 6 heteroatoms. The molecule has 0 bridgehead atoms. The van der Waals surface area contributed by atoms with Crippen molar-refractivity contribution < 1.29 is 14.6 Å². The van der Waals surface area contributed by atoms with Gasteiger partial charge in [-0.05, 0) is 6.92 Å². The maximum absolute atomic E-state index is 11.9. The van der Waals surface area contributed by atoms with Gasteiger partial charge in [-0.1, -0.05) is 12.2 Å². The van der Waals surface area contributed by atoms with Gasteiger partial charge in [0.1, 0.15) is 0 Å². The van der Waals surface area contributed by atoms with Crippen LogP contribution in [0.2, 0.25) is 0 Å². The summed E-state index contributed by atoms with van der Waals surface area (Å²) in [5.41, 5.74) is 5.42. The zero-order chi connectivity index (χ0) is 11.4. The van der Waals surface area contributed by atoms with E-state index in [1.807, 2.05) is 0 Å². The number of rotatable bonds is 3. The Morgan fingerprint density at radius 3 is 3.00 bits per heavy atom. The largest absolute Gasteiger partial charge is 0.394 e. The SMILES string of the molecule is CC(C(=O)N1CCOCC1CO)C(N)=S. The molecule has 0 spiro atoms. The third-order valence-corrected chi connectivity index (χ3v) is 2.87. The predicted molar refractivity (Wildman–Crippen MR) is 59.4 cm³/mol. The lowest BCUT2D eigenvalue weighted by atomic mass is 10.1. The molecule has 86 valence electrons. The van der Waals surface area contributed by atoms with Gasteiger partial charge in [-0.2, -0.15) is 0 Å². The number of nitrogens with two attached hydrogens (primary N) is 1. The van der Waals surface area contributed by atoms with Crippen LogP contribution in [0.25, 0.3) is 0 Å². The van der Waals surface area contributed by atoms with Gasteiger partial charge in [-0.15, -0.1) is 0 Å². The Balaban J connectivity index is 2.67. The molecular formula is C9H16N2O3S. The van der Waals surface area contributed by atoms with Crippen molar-refractivity contribution in [2.75, 3.05) is 26.4 Å². The van der Waals surface area contributed by atoms with Gasteiger partial charge in [-0.3, -0.25) is 4.79 Å². The van der Waals surface area contributed by atoms with Crippen molar-refractivity contribution in [2.45, 2.75) is 13.0 Å². The van der Waals surface area contributed by atoms with Crippen molar-refractivity contribution in [1.82, 2.24) is 4.90 Å². The molecule has 3 N–H and O–H groups in total. The summed E-state index contributed by atoms with van der Waals surface area (Å²) in [6.45, 7) is 2.92. The van der Waals surface area contributed by atoms with Gasteiger partial charge in [0.25, 0.3) is 0 Å². The molecule has 1 aliphatic heterocycles. The Hall–Kier alpha value is -0.720. The zero-order valence-electron chi connectivity index (χ0n) is 8.68. The topological polar surface area (TPSA) is 75.8 Å². The van der Waals surface area contributed by atoms with E-state index in [-0.39, 0.29) is 23.5 Å². The highest BCUT2D eigenvalue weighted by Gasteiger charge is 2.30. The molecule has 1 rings (SSSR count). The zero-order valence-corrected chi connectivity index (χ0v) is 9.50. The van der Waals surface area contributed by atoms with Crippen molar-refractivity contribution in [3.63, 3.8) is 0 Å². The Kier molecular flexibility index (Phi) is 4.44. The van der Waals surface area contributed by atoms with E-state index in [9.17, 15) is 4.79 Å². The third kappa shape index (κ3) is 2.87. The van der Waals surface area contributed by atoms with Crippen LogP contribution in [-0.2, 0) is 9.53 Å². The van der Waals surface area contributed by atoms with Crippen molar-refractivity contribution in [1.29, 1.82) is 0 Å². The first-order valence-corrected chi connectivity index (χ1v) is 5.27. The van der Waals surface area contributed by atoms with Crippen molar-refractivity contribution >= 4 is 23.1 Å². The molecule has 5 nitrogen and oxygen atoms in total. The molecule has 1 aliphatic rings. The molecule has 1 amide bonds. The van der Waals surface area contributed by atoms with Gasteiger partial charge in [-0.25, -0.2) is 0 Å². The summed E-state index contributed by atoms with van der Waals surface area (Å²) < 4.78 is 5.18. The number of hydrogen-bond donors (Lipinski definition) is 2. The van der Waals surface area contributed by atoms with Gasteiger partial charge in [0, 0.05) is 6.54 Å². The Morgan fingerprint density at radius 1 is 1.80 bits per heavy atom. The summed E-state index contributed by atoms with van der Waals surface area (Å²) in [6, 6.07) is -0.275. The van der Waals surface area contributed by atoms with Gasteiger partial charge >= 0.3 is 0 Å². The number of aliphatic hydroxyl groups excluding tert-OH is 1. The molecule has 2 atom stereocenters. The molecule has 0 aromatic rings. The van der Waals surface area contributed by atoms with E-state index in [2.05, 4.69) is 0 Å². The molecule has 0 saturated carbocycles. The fraction of sp³-hybridized carbons (Fsp3) is 0.778. The molecule has 2 unspecified atom stereocenters. The first-order chi connectivity index (χ1) is 7.07. The van der Waals surface area contributed by atoms with E-state index in [1.165, 1.54) is 0 Å².